The zero-order valence-electron chi connectivity index (χ0n) is 27.1. The lowest BCUT2D eigenvalue weighted by molar-refractivity contribution is -0.111. The number of methoxy groups -OCH3 is 1. The zero-order valence-corrected chi connectivity index (χ0v) is 27.1. The van der Waals surface area contributed by atoms with Crippen LogP contribution in [-0.4, -0.2) is 84.7 Å². The molecule has 0 spiro atoms. The molecule has 1 amide bonds. The topological polar surface area (TPSA) is 125 Å². The van der Waals surface area contributed by atoms with Crippen LogP contribution in [0.2, 0.25) is 0 Å². The Morgan fingerprint density at radius 1 is 1.07 bits per heavy atom. The van der Waals surface area contributed by atoms with Gasteiger partial charge in [0.25, 0.3) is 0 Å². The molecule has 2 aromatic heterocycles. The maximum absolute atomic E-state index is 13.3. The van der Waals surface area contributed by atoms with Crippen LogP contribution >= 0.6 is 0 Å². The van der Waals surface area contributed by atoms with Crippen LogP contribution in [0.5, 0.6) is 5.75 Å². The summed E-state index contributed by atoms with van der Waals surface area (Å²) in [5.74, 6) is 0.350. The van der Waals surface area contributed by atoms with Crippen LogP contribution in [0.1, 0.15) is 49.4 Å². The van der Waals surface area contributed by atoms with Crippen molar-refractivity contribution in [2.24, 2.45) is 0 Å². The van der Waals surface area contributed by atoms with Gasteiger partial charge in [-0.15, -0.1) is 0 Å². The van der Waals surface area contributed by atoms with Crippen molar-refractivity contribution in [3.05, 3.63) is 60.1 Å². The third-order valence-corrected chi connectivity index (χ3v) is 7.94. The number of hydrogen-bond donors (Lipinski definition) is 2. The van der Waals surface area contributed by atoms with Crippen LogP contribution in [0, 0.1) is 6.92 Å². The third kappa shape index (κ3) is 6.70. The number of pyridine rings is 1. The molecule has 1 saturated heterocycles. The molecule has 12 nitrogen and oxygen atoms in total. The lowest BCUT2D eigenvalue weighted by atomic mass is 9.91. The first-order chi connectivity index (χ1) is 21.4. The van der Waals surface area contributed by atoms with Gasteiger partial charge in [-0.25, -0.2) is 9.78 Å². The number of amides is 1. The van der Waals surface area contributed by atoms with Gasteiger partial charge in [0.1, 0.15) is 11.3 Å². The second kappa shape index (κ2) is 12.7. The Hall–Kier alpha value is -4.71. The number of nitrogens with zero attached hydrogens (tertiary/aromatic N) is 6. The number of carbonyl (C=O) groups excluding carboxylic acids is 2. The fourth-order valence-electron chi connectivity index (χ4n) is 5.62. The van der Waals surface area contributed by atoms with E-state index in [0.717, 1.165) is 48.9 Å². The molecule has 0 radical (unpaired) electrons. The number of likely N-dealkylation sites (N-methyl/N-ethyl adjacent to an activating group) is 1. The van der Waals surface area contributed by atoms with E-state index in [4.69, 9.17) is 19.4 Å². The highest BCUT2D eigenvalue weighted by Gasteiger charge is 2.40. The molecule has 12 heteroatoms. The summed E-state index contributed by atoms with van der Waals surface area (Å²) in [7, 11) is 3.68. The summed E-state index contributed by atoms with van der Waals surface area (Å²) in [6, 6.07) is 7.66. The van der Waals surface area contributed by atoms with Crippen LogP contribution in [0.4, 0.5) is 34.5 Å². The Labute approximate surface area is 264 Å². The summed E-state index contributed by atoms with van der Waals surface area (Å²) in [6.07, 6.45) is 2.40. The summed E-state index contributed by atoms with van der Waals surface area (Å²) in [6.45, 7) is 17.4. The predicted octanol–water partition coefficient (Wildman–Crippen LogP) is 4.80. The highest BCUT2D eigenvalue weighted by molar-refractivity contribution is 6.02. The minimum atomic E-state index is -0.513. The number of esters is 1. The minimum absolute atomic E-state index is 0.240. The summed E-state index contributed by atoms with van der Waals surface area (Å²) in [5.41, 5.74) is 4.65. The van der Waals surface area contributed by atoms with Gasteiger partial charge in [-0.1, -0.05) is 20.4 Å². The van der Waals surface area contributed by atoms with E-state index in [9.17, 15) is 9.59 Å². The van der Waals surface area contributed by atoms with Crippen molar-refractivity contribution >= 4 is 46.4 Å². The average Bonchev–Trinajstić information content (AvgIpc) is 3.26. The standard InChI is InChI=1S/C33H42N8O4/c1-9-28(42)36-23-16-24(27(44-8)17-26(23)40-14-12-39(7)13-15-40)37-32-34-18-22(31(43)45-20(2)3)30(38-32)41-19-33(5,6)29-25(41)11-10-21(4)35-29/h9-11,16-18,20H,1,12-15,19H2,2-8H3,(H,36,42)(H,34,37,38). The van der Waals surface area contributed by atoms with Crippen LogP contribution < -0.4 is 25.2 Å². The molecular weight excluding hydrogens is 572 g/mol. The summed E-state index contributed by atoms with van der Waals surface area (Å²) in [4.78, 5) is 46.4. The second-order valence-electron chi connectivity index (χ2n) is 12.4. The number of aryl methyl sites for hydroxylation is 1. The lowest BCUT2D eigenvalue weighted by Crippen LogP contribution is -2.44. The van der Waals surface area contributed by atoms with Crippen molar-refractivity contribution in [2.75, 3.05) is 67.3 Å². The van der Waals surface area contributed by atoms with E-state index in [-0.39, 0.29) is 28.9 Å². The number of rotatable bonds is 9. The molecule has 2 aliphatic rings. The average molecular weight is 615 g/mol. The molecular formula is C33H42N8O4. The van der Waals surface area contributed by atoms with Crippen molar-refractivity contribution in [3.8, 4) is 5.75 Å². The van der Waals surface area contributed by atoms with E-state index in [1.54, 1.807) is 27.0 Å². The molecule has 1 aromatic carbocycles. The highest BCUT2D eigenvalue weighted by Crippen LogP contribution is 2.44. The quantitative estimate of drug-likeness (QED) is 0.255. The molecule has 0 aliphatic carbocycles. The number of piperazine rings is 1. The van der Waals surface area contributed by atoms with Gasteiger partial charge >= 0.3 is 5.97 Å². The molecule has 3 aromatic rings. The summed E-state index contributed by atoms with van der Waals surface area (Å²) in [5, 5.41) is 6.22. The SMILES string of the molecule is C=CC(=O)Nc1cc(Nc2ncc(C(=O)OC(C)C)c(N3CC(C)(C)c4nc(C)ccc43)n2)c(OC)cc1N1CCN(C)CC1. The molecule has 238 valence electrons. The van der Waals surface area contributed by atoms with E-state index < -0.39 is 5.97 Å². The van der Waals surface area contributed by atoms with Crippen LogP contribution in [0.3, 0.4) is 0 Å². The minimum Gasteiger partial charge on any atom is -0.494 e. The third-order valence-electron chi connectivity index (χ3n) is 7.94. The maximum Gasteiger partial charge on any atom is 0.343 e. The zero-order chi connectivity index (χ0) is 32.5. The first-order valence-corrected chi connectivity index (χ1v) is 15.1. The number of nitrogens with one attached hydrogen (secondary N) is 2. The molecule has 4 heterocycles. The number of aromatic nitrogens is 3. The predicted molar refractivity (Wildman–Crippen MR) is 176 cm³/mol. The van der Waals surface area contributed by atoms with Gasteiger partial charge in [0.05, 0.1) is 41.7 Å². The van der Waals surface area contributed by atoms with E-state index in [1.807, 2.05) is 30.0 Å². The van der Waals surface area contributed by atoms with Crippen molar-refractivity contribution in [1.29, 1.82) is 0 Å². The summed E-state index contributed by atoms with van der Waals surface area (Å²) < 4.78 is 11.4. The Morgan fingerprint density at radius 3 is 2.47 bits per heavy atom. The number of fused-ring (bicyclic) bond motifs is 1. The second-order valence-corrected chi connectivity index (χ2v) is 12.4. The molecule has 45 heavy (non-hydrogen) atoms. The number of hydrogen-bond acceptors (Lipinski definition) is 11. The maximum atomic E-state index is 13.3. The number of benzene rings is 1. The van der Waals surface area contributed by atoms with E-state index in [1.165, 1.54) is 12.3 Å². The first kappa shape index (κ1) is 31.7. The number of anilines is 6. The Bertz CT molecular complexity index is 1610. The largest absolute Gasteiger partial charge is 0.494 e. The first-order valence-electron chi connectivity index (χ1n) is 15.1. The van der Waals surface area contributed by atoms with Gasteiger partial charge < -0.3 is 34.8 Å². The molecule has 1 fully saturated rings. The van der Waals surface area contributed by atoms with Crippen molar-refractivity contribution in [2.45, 2.75) is 46.1 Å². The van der Waals surface area contributed by atoms with Gasteiger partial charge in [0.2, 0.25) is 11.9 Å². The molecule has 0 unspecified atom stereocenters. The smallest absolute Gasteiger partial charge is 0.343 e. The molecule has 0 saturated carbocycles. The van der Waals surface area contributed by atoms with E-state index in [0.29, 0.717) is 29.5 Å². The monoisotopic (exact) mass is 614 g/mol. The molecule has 2 aliphatic heterocycles. The Kier molecular flexibility index (Phi) is 8.96. The number of ether oxygens (including phenoxy) is 2. The lowest BCUT2D eigenvalue weighted by Gasteiger charge is -2.35. The Balaban J connectivity index is 1.57. The summed E-state index contributed by atoms with van der Waals surface area (Å²) >= 11 is 0. The fourth-order valence-corrected chi connectivity index (χ4v) is 5.62. The normalized spacial score (nSPS) is 15.9. The van der Waals surface area contributed by atoms with Crippen molar-refractivity contribution in [1.82, 2.24) is 19.9 Å². The van der Waals surface area contributed by atoms with Gasteiger partial charge in [-0.05, 0) is 52.1 Å². The van der Waals surface area contributed by atoms with Crippen molar-refractivity contribution in [3.63, 3.8) is 0 Å². The van der Waals surface area contributed by atoms with Gasteiger partial charge in [-0.3, -0.25) is 9.78 Å². The highest BCUT2D eigenvalue weighted by atomic mass is 16.5. The van der Waals surface area contributed by atoms with Gasteiger partial charge in [0, 0.05) is 56.1 Å². The molecule has 2 N–H and O–H groups in total. The van der Waals surface area contributed by atoms with Gasteiger partial charge in [-0.2, -0.15) is 4.98 Å². The Morgan fingerprint density at radius 2 is 1.80 bits per heavy atom. The van der Waals surface area contributed by atoms with E-state index >= 15 is 0 Å². The van der Waals surface area contributed by atoms with Crippen LogP contribution in [0.25, 0.3) is 0 Å². The van der Waals surface area contributed by atoms with E-state index in [2.05, 4.69) is 52.9 Å². The van der Waals surface area contributed by atoms with Crippen LogP contribution in [-0.2, 0) is 14.9 Å². The van der Waals surface area contributed by atoms with Crippen molar-refractivity contribution < 1.29 is 19.1 Å². The van der Waals surface area contributed by atoms with Crippen LogP contribution in [0.15, 0.2) is 43.1 Å². The number of carbonyl (C=O) groups is 2. The van der Waals surface area contributed by atoms with Gasteiger partial charge in [0.15, 0.2) is 5.82 Å². The molecule has 5 rings (SSSR count). The molecule has 0 atom stereocenters. The fraction of sp³-hybridized carbons (Fsp3) is 0.424. The molecule has 0 bridgehead atoms.